The third-order valence-electron chi connectivity index (χ3n) is 7.23. The van der Waals surface area contributed by atoms with Gasteiger partial charge in [0.05, 0.1) is 17.2 Å². The average Bonchev–Trinajstić information content (AvgIpc) is 2.94. The molecule has 0 aliphatic carbocycles. The lowest BCUT2D eigenvalue weighted by Crippen LogP contribution is -2.50. The fraction of sp³-hybridized carbons (Fsp3) is 0.773. The lowest BCUT2D eigenvalue weighted by molar-refractivity contribution is 0.0977. The van der Waals surface area contributed by atoms with Gasteiger partial charge in [-0.2, -0.15) is 0 Å². The highest BCUT2D eigenvalue weighted by atomic mass is 32.2. The van der Waals surface area contributed by atoms with Gasteiger partial charge in [-0.25, -0.2) is 8.42 Å². The number of likely N-dealkylation sites (tertiary alicyclic amines) is 1. The van der Waals surface area contributed by atoms with Gasteiger partial charge in [-0.05, 0) is 32.4 Å². The van der Waals surface area contributed by atoms with Crippen LogP contribution in [0.2, 0.25) is 0 Å². The molecule has 9 heteroatoms. The van der Waals surface area contributed by atoms with Gasteiger partial charge in [-0.1, -0.05) is 12.8 Å². The molecule has 3 saturated heterocycles. The summed E-state index contributed by atoms with van der Waals surface area (Å²) in [6, 6.07) is 1.73. The molecule has 8 nitrogen and oxygen atoms in total. The first-order valence-corrected chi connectivity index (χ1v) is 13.4. The molecule has 31 heavy (non-hydrogen) atoms. The number of hydrogen-bond acceptors (Lipinski definition) is 7. The van der Waals surface area contributed by atoms with Crippen molar-refractivity contribution in [1.29, 1.82) is 0 Å². The van der Waals surface area contributed by atoms with E-state index in [4.69, 9.17) is 0 Å². The molecule has 3 fully saturated rings. The highest BCUT2D eigenvalue weighted by Crippen LogP contribution is 2.22. The van der Waals surface area contributed by atoms with Crippen molar-refractivity contribution in [3.8, 4) is 5.75 Å². The van der Waals surface area contributed by atoms with Crippen LogP contribution in [0, 0.1) is 0 Å². The van der Waals surface area contributed by atoms with Crippen molar-refractivity contribution in [1.82, 2.24) is 19.3 Å². The molecule has 0 saturated carbocycles. The first-order valence-electron chi connectivity index (χ1n) is 11.6. The Balaban J connectivity index is 1.41. The van der Waals surface area contributed by atoms with Crippen molar-refractivity contribution < 1.29 is 13.5 Å². The predicted molar refractivity (Wildman–Crippen MR) is 121 cm³/mol. The molecular weight excluding hydrogens is 416 g/mol. The number of aromatic hydroxyl groups is 1. The van der Waals surface area contributed by atoms with E-state index < -0.39 is 9.84 Å². The summed E-state index contributed by atoms with van der Waals surface area (Å²) in [4.78, 5) is 19.4. The Bertz CT molecular complexity index is 930. The SMILES string of the molecule is Cn1c(CN2CCCCCC2)cc(=O)c(O)c1CN1CCN([C@H]2CCS(=O)(=O)C2)CC1. The molecule has 174 valence electrons. The molecule has 0 amide bonds. The molecule has 4 heterocycles. The van der Waals surface area contributed by atoms with Crippen molar-refractivity contribution in [2.24, 2.45) is 7.05 Å². The van der Waals surface area contributed by atoms with Gasteiger partial charge in [0.15, 0.2) is 15.6 Å². The molecule has 3 aliphatic rings. The molecule has 1 N–H and O–H groups in total. The number of aromatic nitrogens is 1. The second kappa shape index (κ2) is 9.60. The van der Waals surface area contributed by atoms with Crippen molar-refractivity contribution in [3.05, 3.63) is 27.7 Å². The molecule has 0 bridgehead atoms. The highest BCUT2D eigenvalue weighted by Gasteiger charge is 2.33. The monoisotopic (exact) mass is 452 g/mol. The zero-order chi connectivity index (χ0) is 22.0. The first-order chi connectivity index (χ1) is 14.8. The molecule has 0 aromatic carbocycles. The topological polar surface area (TPSA) is 86.1 Å². The first kappa shape index (κ1) is 22.8. The van der Waals surface area contributed by atoms with Gasteiger partial charge in [-0.3, -0.25) is 19.5 Å². The Morgan fingerprint density at radius 2 is 1.61 bits per heavy atom. The Labute approximate surface area is 185 Å². The van der Waals surface area contributed by atoms with Crippen molar-refractivity contribution in [2.45, 2.75) is 51.2 Å². The molecule has 3 aliphatic heterocycles. The van der Waals surface area contributed by atoms with E-state index in [2.05, 4.69) is 14.7 Å². The van der Waals surface area contributed by atoms with Crippen LogP contribution >= 0.6 is 0 Å². The Morgan fingerprint density at radius 1 is 0.968 bits per heavy atom. The zero-order valence-corrected chi connectivity index (χ0v) is 19.4. The quantitative estimate of drug-likeness (QED) is 0.706. The highest BCUT2D eigenvalue weighted by molar-refractivity contribution is 7.91. The van der Waals surface area contributed by atoms with Gasteiger partial charge in [0.2, 0.25) is 5.43 Å². The number of pyridine rings is 1. The van der Waals surface area contributed by atoms with E-state index in [0.717, 1.165) is 57.9 Å². The van der Waals surface area contributed by atoms with Crippen LogP contribution in [0.15, 0.2) is 10.9 Å². The minimum atomic E-state index is -2.87. The lowest BCUT2D eigenvalue weighted by atomic mass is 10.1. The van der Waals surface area contributed by atoms with Gasteiger partial charge in [-0.15, -0.1) is 0 Å². The molecule has 0 spiro atoms. The number of rotatable bonds is 5. The maximum Gasteiger partial charge on any atom is 0.223 e. The molecule has 0 radical (unpaired) electrons. The van der Waals surface area contributed by atoms with Gasteiger partial charge >= 0.3 is 0 Å². The van der Waals surface area contributed by atoms with Crippen molar-refractivity contribution >= 4 is 9.84 Å². The summed E-state index contributed by atoms with van der Waals surface area (Å²) in [7, 11) is -0.927. The Kier molecular flexibility index (Phi) is 7.05. The second-order valence-corrected chi connectivity index (χ2v) is 11.6. The van der Waals surface area contributed by atoms with Crippen molar-refractivity contribution in [3.63, 3.8) is 0 Å². The summed E-state index contributed by atoms with van der Waals surface area (Å²) >= 11 is 0. The van der Waals surface area contributed by atoms with E-state index in [1.54, 1.807) is 6.07 Å². The third kappa shape index (κ3) is 5.50. The van der Waals surface area contributed by atoms with E-state index >= 15 is 0 Å². The van der Waals surface area contributed by atoms with E-state index in [9.17, 15) is 18.3 Å². The van der Waals surface area contributed by atoms with Crippen LogP contribution in [0.1, 0.15) is 43.5 Å². The maximum atomic E-state index is 12.5. The van der Waals surface area contributed by atoms with Crippen LogP contribution in [-0.4, -0.2) is 89.6 Å². The van der Waals surface area contributed by atoms with Crippen LogP contribution in [0.5, 0.6) is 5.75 Å². The normalized spacial score (nSPS) is 26.2. The number of piperazine rings is 1. The summed E-state index contributed by atoms with van der Waals surface area (Å²) in [6.45, 7) is 6.64. The summed E-state index contributed by atoms with van der Waals surface area (Å²) in [6.07, 6.45) is 5.68. The van der Waals surface area contributed by atoms with E-state index in [1.165, 1.54) is 25.7 Å². The summed E-state index contributed by atoms with van der Waals surface area (Å²) < 4.78 is 25.6. The second-order valence-electron chi connectivity index (χ2n) is 9.41. The number of sulfone groups is 1. The van der Waals surface area contributed by atoms with Crippen LogP contribution in [0.4, 0.5) is 0 Å². The van der Waals surface area contributed by atoms with Crippen LogP contribution in [-0.2, 0) is 30.0 Å². The van der Waals surface area contributed by atoms with Gasteiger partial charge in [0.25, 0.3) is 0 Å². The van der Waals surface area contributed by atoms with E-state index in [0.29, 0.717) is 18.0 Å². The minimum Gasteiger partial charge on any atom is -0.503 e. The van der Waals surface area contributed by atoms with E-state index in [-0.39, 0.29) is 23.0 Å². The van der Waals surface area contributed by atoms with E-state index in [1.807, 2.05) is 11.6 Å². The number of nitrogens with zero attached hydrogens (tertiary/aromatic N) is 4. The Hall–Kier alpha value is -1.42. The molecule has 1 atom stereocenters. The fourth-order valence-electron chi connectivity index (χ4n) is 5.21. The molecular formula is C22H36N4O4S. The largest absolute Gasteiger partial charge is 0.503 e. The smallest absolute Gasteiger partial charge is 0.223 e. The Morgan fingerprint density at radius 3 is 2.23 bits per heavy atom. The van der Waals surface area contributed by atoms with Crippen molar-refractivity contribution in [2.75, 3.05) is 50.8 Å². The zero-order valence-electron chi connectivity index (χ0n) is 18.6. The predicted octanol–water partition coefficient (Wildman–Crippen LogP) is 0.772. The molecule has 4 rings (SSSR count). The molecule has 1 aromatic rings. The van der Waals surface area contributed by atoms with Gasteiger partial charge in [0.1, 0.15) is 0 Å². The summed E-state index contributed by atoms with van der Waals surface area (Å²) in [5.74, 6) is 0.435. The van der Waals surface area contributed by atoms with Crippen LogP contribution in [0.25, 0.3) is 0 Å². The maximum absolute atomic E-state index is 12.5. The summed E-state index contributed by atoms with van der Waals surface area (Å²) in [5, 5.41) is 10.5. The lowest BCUT2D eigenvalue weighted by Gasteiger charge is -2.38. The van der Waals surface area contributed by atoms with Crippen LogP contribution in [0.3, 0.4) is 0 Å². The third-order valence-corrected chi connectivity index (χ3v) is 8.98. The van der Waals surface area contributed by atoms with Gasteiger partial charge in [0, 0.05) is 64.1 Å². The minimum absolute atomic E-state index is 0.141. The standard InChI is InChI=1S/C22H36N4O4S/c1-23-19(15-24-7-4-2-3-5-8-24)14-21(27)22(28)20(23)16-25-9-11-26(12-10-25)18-6-13-31(29,30)17-18/h14,18,28H,2-13,15-17H2,1H3/t18-/m0/s1. The fourth-order valence-corrected chi connectivity index (χ4v) is 6.97. The van der Waals surface area contributed by atoms with Crippen LogP contribution < -0.4 is 5.43 Å². The summed E-state index contributed by atoms with van der Waals surface area (Å²) in [5.41, 5.74) is 1.33. The molecule has 0 unspecified atom stereocenters. The average molecular weight is 453 g/mol. The molecule has 1 aromatic heterocycles. The number of hydrogen-bond donors (Lipinski definition) is 1. The van der Waals surface area contributed by atoms with Gasteiger partial charge < -0.3 is 9.67 Å².